The highest BCUT2D eigenvalue weighted by Crippen LogP contribution is 2.33. The smallest absolute Gasteiger partial charge is 0.0741 e. The van der Waals surface area contributed by atoms with E-state index in [4.69, 9.17) is 0 Å². The zero-order valence-corrected chi connectivity index (χ0v) is 11.5. The van der Waals surface area contributed by atoms with Crippen LogP contribution in [0.2, 0.25) is 0 Å². The minimum Gasteiger partial charge on any atom is -0.389 e. The van der Waals surface area contributed by atoms with Crippen LogP contribution in [0.4, 0.5) is 0 Å². The van der Waals surface area contributed by atoms with Crippen molar-refractivity contribution in [2.24, 2.45) is 5.41 Å². The molecule has 0 saturated heterocycles. The topological polar surface area (TPSA) is 32.3 Å². The Hall–Kier alpha value is -0.0800. The van der Waals surface area contributed by atoms with E-state index < -0.39 is 5.60 Å². The van der Waals surface area contributed by atoms with E-state index in [-0.39, 0.29) is 0 Å². The SMILES string of the molecule is CCC(C)(O)CNC1CCCC(C)(C)CC1. The molecule has 96 valence electrons. The van der Waals surface area contributed by atoms with Crippen LogP contribution in [-0.4, -0.2) is 23.3 Å². The molecule has 16 heavy (non-hydrogen) atoms. The molecule has 0 heterocycles. The Balaban J connectivity index is 2.33. The van der Waals surface area contributed by atoms with E-state index in [9.17, 15) is 5.11 Å². The van der Waals surface area contributed by atoms with Crippen LogP contribution in [0.1, 0.15) is 66.2 Å². The first-order chi connectivity index (χ1) is 7.35. The molecule has 2 unspecified atom stereocenters. The Labute approximate surface area is 101 Å². The summed E-state index contributed by atoms with van der Waals surface area (Å²) in [4.78, 5) is 0. The highest BCUT2D eigenvalue weighted by atomic mass is 16.3. The van der Waals surface area contributed by atoms with E-state index >= 15 is 0 Å². The molecule has 0 spiro atoms. The van der Waals surface area contributed by atoms with Crippen molar-refractivity contribution in [2.75, 3.05) is 6.54 Å². The summed E-state index contributed by atoms with van der Waals surface area (Å²) in [6, 6.07) is 0.611. The van der Waals surface area contributed by atoms with Gasteiger partial charge in [-0.05, 0) is 44.4 Å². The first-order valence-corrected chi connectivity index (χ1v) is 6.80. The summed E-state index contributed by atoms with van der Waals surface area (Å²) in [5.74, 6) is 0. The fourth-order valence-corrected chi connectivity index (χ4v) is 2.35. The van der Waals surface area contributed by atoms with Crippen LogP contribution in [0.15, 0.2) is 0 Å². The molecule has 2 nitrogen and oxygen atoms in total. The van der Waals surface area contributed by atoms with E-state index in [1.165, 1.54) is 32.1 Å². The molecule has 0 aromatic carbocycles. The molecular formula is C14H29NO. The van der Waals surface area contributed by atoms with Crippen molar-refractivity contribution in [1.82, 2.24) is 5.32 Å². The van der Waals surface area contributed by atoms with Crippen molar-refractivity contribution in [2.45, 2.75) is 77.9 Å². The van der Waals surface area contributed by atoms with Gasteiger partial charge in [0.2, 0.25) is 0 Å². The van der Waals surface area contributed by atoms with E-state index in [0.29, 0.717) is 11.5 Å². The van der Waals surface area contributed by atoms with Gasteiger partial charge in [-0.25, -0.2) is 0 Å². The zero-order valence-electron chi connectivity index (χ0n) is 11.5. The Kier molecular flexibility index (Phi) is 4.81. The van der Waals surface area contributed by atoms with E-state index in [2.05, 4.69) is 19.2 Å². The van der Waals surface area contributed by atoms with Crippen LogP contribution < -0.4 is 5.32 Å². The van der Waals surface area contributed by atoms with Crippen LogP contribution >= 0.6 is 0 Å². The number of rotatable bonds is 4. The van der Waals surface area contributed by atoms with Crippen LogP contribution in [0.5, 0.6) is 0 Å². The molecule has 2 atom stereocenters. The molecule has 0 radical (unpaired) electrons. The second kappa shape index (κ2) is 5.50. The number of hydrogen-bond donors (Lipinski definition) is 2. The second-order valence-corrected chi connectivity index (χ2v) is 6.52. The highest BCUT2D eigenvalue weighted by Gasteiger charge is 2.25. The van der Waals surface area contributed by atoms with Gasteiger partial charge in [-0.3, -0.25) is 0 Å². The molecular weight excluding hydrogens is 198 g/mol. The average molecular weight is 227 g/mol. The molecule has 2 heteroatoms. The third kappa shape index (κ3) is 4.84. The first kappa shape index (κ1) is 14.0. The lowest BCUT2D eigenvalue weighted by molar-refractivity contribution is 0.0521. The van der Waals surface area contributed by atoms with Crippen molar-refractivity contribution >= 4 is 0 Å². The summed E-state index contributed by atoms with van der Waals surface area (Å²) < 4.78 is 0. The van der Waals surface area contributed by atoms with E-state index in [1.54, 1.807) is 0 Å². The van der Waals surface area contributed by atoms with Gasteiger partial charge in [0, 0.05) is 12.6 Å². The Morgan fingerprint density at radius 3 is 2.62 bits per heavy atom. The summed E-state index contributed by atoms with van der Waals surface area (Å²) in [5.41, 5.74) is -0.0223. The Bertz CT molecular complexity index is 211. The number of aliphatic hydroxyl groups is 1. The van der Waals surface area contributed by atoms with Crippen LogP contribution in [-0.2, 0) is 0 Å². The van der Waals surface area contributed by atoms with Gasteiger partial charge < -0.3 is 10.4 Å². The normalized spacial score (nSPS) is 29.4. The quantitative estimate of drug-likeness (QED) is 0.723. The van der Waals surface area contributed by atoms with Gasteiger partial charge in [-0.2, -0.15) is 0 Å². The van der Waals surface area contributed by atoms with Crippen molar-refractivity contribution in [3.05, 3.63) is 0 Å². The molecule has 0 aromatic heterocycles. The zero-order chi connectivity index (χ0) is 12.2. The summed E-state index contributed by atoms with van der Waals surface area (Å²) in [6.45, 7) is 9.43. The van der Waals surface area contributed by atoms with Crippen molar-refractivity contribution in [1.29, 1.82) is 0 Å². The van der Waals surface area contributed by atoms with Gasteiger partial charge in [-0.1, -0.05) is 27.2 Å². The maximum absolute atomic E-state index is 9.96. The lowest BCUT2D eigenvalue weighted by Gasteiger charge is -2.26. The van der Waals surface area contributed by atoms with Gasteiger partial charge in [-0.15, -0.1) is 0 Å². The number of nitrogens with one attached hydrogen (secondary N) is 1. The maximum atomic E-state index is 9.96. The predicted octanol–water partition coefficient (Wildman–Crippen LogP) is 3.10. The predicted molar refractivity (Wildman–Crippen MR) is 69.6 cm³/mol. The van der Waals surface area contributed by atoms with Crippen LogP contribution in [0.3, 0.4) is 0 Å². The monoisotopic (exact) mass is 227 g/mol. The summed E-state index contributed by atoms with van der Waals surface area (Å²) in [6.07, 6.45) is 7.31. The van der Waals surface area contributed by atoms with E-state index in [1.807, 2.05) is 13.8 Å². The van der Waals surface area contributed by atoms with Crippen LogP contribution in [0.25, 0.3) is 0 Å². The lowest BCUT2D eigenvalue weighted by Crippen LogP contribution is -2.42. The number of hydrogen-bond acceptors (Lipinski definition) is 2. The van der Waals surface area contributed by atoms with Gasteiger partial charge in [0.05, 0.1) is 5.60 Å². The molecule has 1 saturated carbocycles. The third-order valence-corrected chi connectivity index (χ3v) is 4.11. The third-order valence-electron chi connectivity index (χ3n) is 4.11. The van der Waals surface area contributed by atoms with Crippen LogP contribution in [0, 0.1) is 5.41 Å². The van der Waals surface area contributed by atoms with Crippen molar-refractivity contribution < 1.29 is 5.11 Å². The lowest BCUT2D eigenvalue weighted by atomic mass is 9.85. The molecule has 0 bridgehead atoms. The van der Waals surface area contributed by atoms with E-state index in [0.717, 1.165) is 13.0 Å². The van der Waals surface area contributed by atoms with Gasteiger partial charge in [0.15, 0.2) is 0 Å². The van der Waals surface area contributed by atoms with Gasteiger partial charge in [0.1, 0.15) is 0 Å². The Morgan fingerprint density at radius 1 is 1.31 bits per heavy atom. The summed E-state index contributed by atoms with van der Waals surface area (Å²) in [7, 11) is 0. The van der Waals surface area contributed by atoms with Gasteiger partial charge in [0.25, 0.3) is 0 Å². The largest absolute Gasteiger partial charge is 0.389 e. The first-order valence-electron chi connectivity index (χ1n) is 6.80. The Morgan fingerprint density at radius 2 is 2.00 bits per heavy atom. The minimum absolute atomic E-state index is 0.518. The standard InChI is InChI=1S/C14H29NO/c1-5-14(4,16)11-15-12-7-6-9-13(2,3)10-8-12/h12,15-16H,5-11H2,1-4H3. The molecule has 1 aliphatic rings. The molecule has 1 rings (SSSR count). The van der Waals surface area contributed by atoms with Crippen molar-refractivity contribution in [3.8, 4) is 0 Å². The van der Waals surface area contributed by atoms with Crippen molar-refractivity contribution in [3.63, 3.8) is 0 Å². The molecule has 0 aromatic rings. The average Bonchev–Trinajstić information content (AvgIpc) is 2.37. The molecule has 1 aliphatic carbocycles. The minimum atomic E-state index is -0.540. The molecule has 0 amide bonds. The summed E-state index contributed by atoms with van der Waals surface area (Å²) in [5, 5.41) is 13.5. The fourth-order valence-electron chi connectivity index (χ4n) is 2.35. The maximum Gasteiger partial charge on any atom is 0.0741 e. The molecule has 0 aliphatic heterocycles. The second-order valence-electron chi connectivity index (χ2n) is 6.52. The molecule has 1 fully saturated rings. The van der Waals surface area contributed by atoms with Gasteiger partial charge >= 0.3 is 0 Å². The fraction of sp³-hybridized carbons (Fsp3) is 1.00. The highest BCUT2D eigenvalue weighted by molar-refractivity contribution is 4.82. The summed E-state index contributed by atoms with van der Waals surface area (Å²) >= 11 is 0. The molecule has 2 N–H and O–H groups in total.